The number of allylic oxidation sites excluding steroid dienone is 1. The van der Waals surface area contributed by atoms with Crippen molar-refractivity contribution in [3.05, 3.63) is 122 Å². The Balaban J connectivity index is 1.67. The van der Waals surface area contributed by atoms with Gasteiger partial charge in [0.05, 0.1) is 33.0 Å². The number of hydrogen-bond acceptors (Lipinski definition) is 7. The van der Waals surface area contributed by atoms with E-state index in [4.69, 9.17) is 30.8 Å². The van der Waals surface area contributed by atoms with E-state index < -0.39 is 12.0 Å². The molecule has 1 atom stereocenters. The largest absolute Gasteiger partial charge is 0.491 e. The fraction of sp³-hybridized carbons (Fsp3) is 0.242. The number of ether oxygens (including phenoxy) is 3. The fourth-order valence-corrected chi connectivity index (χ4v) is 7.41. The number of rotatable bonds is 9. The molecule has 1 aliphatic rings. The second kappa shape index (κ2) is 13.9. The van der Waals surface area contributed by atoms with Crippen molar-refractivity contribution < 1.29 is 19.0 Å². The standard InChI is InChI=1S/C33H29Br2ClN2O5S/c1-5-41-32(40)28-19(4)37-33-38(29(28)24-8-6-7-9-26(24)43-18(2)3)31(39)27(44-33)15-21-14-22(34)16-25(35)30(21)42-17-20-10-12-23(36)13-11-20/h6-16,18,29H,5,17H2,1-4H3/b27-15-/t29-/m0/s1. The van der Waals surface area contributed by atoms with Gasteiger partial charge in [-0.25, -0.2) is 9.79 Å². The third-order valence-corrected chi connectivity index (χ3v) is 9.00. The Morgan fingerprint density at radius 1 is 1.14 bits per heavy atom. The summed E-state index contributed by atoms with van der Waals surface area (Å²) >= 11 is 14.5. The molecule has 228 valence electrons. The monoisotopic (exact) mass is 758 g/mol. The van der Waals surface area contributed by atoms with Crippen molar-refractivity contribution in [1.82, 2.24) is 4.57 Å². The Morgan fingerprint density at radius 2 is 1.86 bits per heavy atom. The zero-order valence-corrected chi connectivity index (χ0v) is 29.1. The van der Waals surface area contributed by atoms with Crippen LogP contribution in [-0.2, 0) is 16.1 Å². The fourth-order valence-electron chi connectivity index (χ4n) is 4.87. The van der Waals surface area contributed by atoms with Crippen molar-refractivity contribution in [2.75, 3.05) is 6.61 Å². The molecule has 5 rings (SSSR count). The van der Waals surface area contributed by atoms with Crippen molar-refractivity contribution in [1.29, 1.82) is 0 Å². The normalized spacial score (nSPS) is 14.8. The van der Waals surface area contributed by atoms with Gasteiger partial charge < -0.3 is 14.2 Å². The number of halogens is 3. The van der Waals surface area contributed by atoms with E-state index in [-0.39, 0.29) is 18.3 Å². The molecule has 0 bridgehead atoms. The Labute approximate surface area is 280 Å². The van der Waals surface area contributed by atoms with Gasteiger partial charge >= 0.3 is 5.97 Å². The van der Waals surface area contributed by atoms with Gasteiger partial charge in [-0.05, 0) is 85.6 Å². The van der Waals surface area contributed by atoms with Gasteiger partial charge in [-0.3, -0.25) is 9.36 Å². The highest BCUT2D eigenvalue weighted by atomic mass is 79.9. The molecule has 44 heavy (non-hydrogen) atoms. The smallest absolute Gasteiger partial charge is 0.338 e. The third-order valence-electron chi connectivity index (χ3n) is 6.71. The Morgan fingerprint density at radius 3 is 2.57 bits per heavy atom. The van der Waals surface area contributed by atoms with Crippen LogP contribution < -0.4 is 24.4 Å². The molecular weight excluding hydrogens is 732 g/mol. The molecule has 1 aromatic heterocycles. The number of benzene rings is 3. The number of carbonyl (C=O) groups is 1. The molecule has 0 saturated carbocycles. The molecule has 1 aliphatic heterocycles. The van der Waals surface area contributed by atoms with Gasteiger partial charge in [-0.1, -0.05) is 69.2 Å². The van der Waals surface area contributed by atoms with Crippen LogP contribution in [0.5, 0.6) is 11.5 Å². The van der Waals surface area contributed by atoms with Gasteiger partial charge in [0, 0.05) is 20.6 Å². The zero-order chi connectivity index (χ0) is 31.5. The van der Waals surface area contributed by atoms with Crippen LogP contribution in [0.4, 0.5) is 0 Å². The highest BCUT2D eigenvalue weighted by molar-refractivity contribution is 9.11. The molecule has 0 spiro atoms. The summed E-state index contributed by atoms with van der Waals surface area (Å²) in [7, 11) is 0. The molecule has 0 radical (unpaired) electrons. The van der Waals surface area contributed by atoms with Crippen molar-refractivity contribution in [3.8, 4) is 11.5 Å². The molecule has 0 fully saturated rings. The maximum absolute atomic E-state index is 14.3. The predicted molar refractivity (Wildman–Crippen MR) is 180 cm³/mol. The lowest BCUT2D eigenvalue weighted by Gasteiger charge is -2.26. The van der Waals surface area contributed by atoms with Gasteiger partial charge in [0.25, 0.3) is 5.56 Å². The summed E-state index contributed by atoms with van der Waals surface area (Å²) in [6.45, 7) is 7.85. The molecule has 4 aromatic rings. The van der Waals surface area contributed by atoms with E-state index in [0.717, 1.165) is 14.5 Å². The quantitative estimate of drug-likeness (QED) is 0.167. The molecule has 3 aromatic carbocycles. The summed E-state index contributed by atoms with van der Waals surface area (Å²) in [6, 6.07) is 17.8. The van der Waals surface area contributed by atoms with E-state index in [9.17, 15) is 9.59 Å². The van der Waals surface area contributed by atoms with E-state index in [1.165, 1.54) is 11.3 Å². The van der Waals surface area contributed by atoms with Crippen molar-refractivity contribution >= 4 is 66.8 Å². The van der Waals surface area contributed by atoms with Crippen LogP contribution in [0.1, 0.15) is 50.4 Å². The van der Waals surface area contributed by atoms with Crippen LogP contribution in [0.15, 0.2) is 90.7 Å². The van der Waals surface area contributed by atoms with E-state index >= 15 is 0 Å². The lowest BCUT2D eigenvalue weighted by molar-refractivity contribution is -0.139. The first-order valence-corrected chi connectivity index (χ1v) is 16.7. The summed E-state index contributed by atoms with van der Waals surface area (Å²) in [5.74, 6) is 0.623. The minimum atomic E-state index is -0.794. The maximum atomic E-state index is 14.3. The Bertz CT molecular complexity index is 1930. The van der Waals surface area contributed by atoms with E-state index in [2.05, 4.69) is 31.9 Å². The topological polar surface area (TPSA) is 79.1 Å². The molecule has 0 unspecified atom stereocenters. The first-order valence-electron chi connectivity index (χ1n) is 13.9. The van der Waals surface area contributed by atoms with Crippen LogP contribution in [0.25, 0.3) is 6.08 Å². The van der Waals surface area contributed by atoms with Crippen molar-refractivity contribution in [2.24, 2.45) is 4.99 Å². The molecule has 11 heteroatoms. The van der Waals surface area contributed by atoms with Gasteiger partial charge in [-0.2, -0.15) is 0 Å². The van der Waals surface area contributed by atoms with Crippen LogP contribution in [0.3, 0.4) is 0 Å². The lowest BCUT2D eigenvalue weighted by Crippen LogP contribution is -2.40. The number of thiazole rings is 1. The van der Waals surface area contributed by atoms with E-state index in [0.29, 0.717) is 54.9 Å². The predicted octanol–water partition coefficient (Wildman–Crippen LogP) is 7.34. The van der Waals surface area contributed by atoms with Gasteiger partial charge in [0.2, 0.25) is 0 Å². The number of para-hydroxylation sites is 1. The van der Waals surface area contributed by atoms with Gasteiger partial charge in [0.1, 0.15) is 24.1 Å². The number of esters is 1. The molecular formula is C33H29Br2ClN2O5S. The average Bonchev–Trinajstić information content (AvgIpc) is 3.26. The number of aromatic nitrogens is 1. The number of fused-ring (bicyclic) bond motifs is 1. The van der Waals surface area contributed by atoms with Crippen LogP contribution in [0, 0.1) is 0 Å². The average molecular weight is 761 g/mol. The zero-order valence-electron chi connectivity index (χ0n) is 24.4. The van der Waals surface area contributed by atoms with Crippen LogP contribution >= 0.6 is 54.8 Å². The summed E-state index contributed by atoms with van der Waals surface area (Å²) in [4.78, 5) is 32.8. The highest BCUT2D eigenvalue weighted by Crippen LogP contribution is 2.37. The highest BCUT2D eigenvalue weighted by Gasteiger charge is 2.35. The number of hydrogen-bond donors (Lipinski definition) is 0. The van der Waals surface area contributed by atoms with Gasteiger partial charge in [0.15, 0.2) is 4.80 Å². The minimum Gasteiger partial charge on any atom is -0.491 e. The second-order valence-electron chi connectivity index (χ2n) is 10.2. The lowest BCUT2D eigenvalue weighted by atomic mass is 9.95. The first-order chi connectivity index (χ1) is 21.1. The molecule has 0 saturated heterocycles. The molecule has 0 aliphatic carbocycles. The Kier molecular flexibility index (Phi) is 10.1. The SMILES string of the molecule is CCOC(=O)C1=C(C)N=c2s/c(=C\c3cc(Br)cc(Br)c3OCc3ccc(Cl)cc3)c(=O)n2[C@H]1c1ccccc1OC(C)C. The minimum absolute atomic E-state index is 0.121. The molecule has 7 nitrogen and oxygen atoms in total. The maximum Gasteiger partial charge on any atom is 0.338 e. The molecule has 0 N–H and O–H groups in total. The van der Waals surface area contributed by atoms with Gasteiger partial charge in [-0.15, -0.1) is 0 Å². The van der Waals surface area contributed by atoms with E-state index in [1.807, 2.05) is 74.5 Å². The number of nitrogens with zero attached hydrogens (tertiary/aromatic N) is 2. The summed E-state index contributed by atoms with van der Waals surface area (Å²) in [5, 5.41) is 0.646. The second-order valence-corrected chi connectivity index (χ2v) is 13.4. The van der Waals surface area contributed by atoms with E-state index in [1.54, 1.807) is 24.5 Å². The third kappa shape index (κ3) is 6.88. The van der Waals surface area contributed by atoms with Crippen molar-refractivity contribution in [3.63, 3.8) is 0 Å². The molecule has 0 amide bonds. The number of carbonyl (C=O) groups excluding carboxylic acids is 1. The first kappa shape index (κ1) is 32.2. The Hall–Kier alpha value is -3.18. The molecule has 2 heterocycles. The summed E-state index contributed by atoms with van der Waals surface area (Å²) in [6.07, 6.45) is 1.66. The summed E-state index contributed by atoms with van der Waals surface area (Å²) < 4.78 is 21.3. The van der Waals surface area contributed by atoms with Crippen LogP contribution in [-0.4, -0.2) is 23.2 Å². The summed E-state index contributed by atoms with van der Waals surface area (Å²) in [5.41, 5.74) is 2.78. The van der Waals surface area contributed by atoms with Crippen LogP contribution in [0.2, 0.25) is 5.02 Å². The van der Waals surface area contributed by atoms with Crippen molar-refractivity contribution in [2.45, 2.75) is 46.4 Å².